The Labute approximate surface area is 461 Å². The number of nitrogens with zero attached hydrogens (tertiary/aromatic N) is 10. The molecule has 0 bridgehead atoms. The first-order valence-corrected chi connectivity index (χ1v) is 27.6. The highest BCUT2D eigenvalue weighted by molar-refractivity contribution is 6.02. The molecule has 10 heterocycles. The zero-order valence-electron chi connectivity index (χ0n) is 45.2. The molecule has 0 radical (unpaired) electrons. The van der Waals surface area contributed by atoms with Crippen molar-refractivity contribution in [3.8, 4) is 0 Å². The quantitative estimate of drug-likeness (QED) is 0.150. The molecule has 12 rings (SSSR count). The van der Waals surface area contributed by atoms with Crippen LogP contribution in [0.5, 0.6) is 0 Å². The van der Waals surface area contributed by atoms with E-state index < -0.39 is 11.7 Å². The molecule has 79 heavy (non-hydrogen) atoms. The Bertz CT molecular complexity index is 2690. The molecule has 0 saturated carbocycles. The number of fused-ring (bicyclic) bond motifs is 1. The van der Waals surface area contributed by atoms with Gasteiger partial charge in [0.2, 0.25) is 0 Å². The van der Waals surface area contributed by atoms with E-state index in [0.717, 1.165) is 147 Å². The first-order chi connectivity index (χ1) is 38.6. The summed E-state index contributed by atoms with van der Waals surface area (Å²) in [6.07, 6.45) is 6.72. The van der Waals surface area contributed by atoms with Crippen LogP contribution in [0.1, 0.15) is 27.3 Å². The number of aryl methyl sites for hydroxylation is 1. The van der Waals surface area contributed by atoms with Gasteiger partial charge in [0.15, 0.2) is 11.5 Å². The number of nitrogens with one attached hydrogen (secondary N) is 2. The summed E-state index contributed by atoms with van der Waals surface area (Å²) in [7, 11) is 0. The molecule has 5 aromatic rings. The highest BCUT2D eigenvalue weighted by Gasteiger charge is 2.34. The number of likely N-dealkylation sites (tertiary alicyclic amines) is 2. The van der Waals surface area contributed by atoms with Crippen molar-refractivity contribution in [1.82, 2.24) is 49.2 Å². The van der Waals surface area contributed by atoms with Crippen LogP contribution in [-0.2, 0) is 41.7 Å². The minimum absolute atomic E-state index is 0.00993. The van der Waals surface area contributed by atoms with Crippen LogP contribution in [0.2, 0.25) is 0 Å². The van der Waals surface area contributed by atoms with Crippen molar-refractivity contribution in [3.05, 3.63) is 120 Å². The molecule has 2 aromatic carbocycles. The lowest BCUT2D eigenvalue weighted by Gasteiger charge is -2.42. The van der Waals surface area contributed by atoms with Gasteiger partial charge in [0.05, 0.1) is 69.3 Å². The van der Waals surface area contributed by atoms with E-state index in [1.54, 1.807) is 34.8 Å². The third-order valence-corrected chi connectivity index (χ3v) is 14.7. The van der Waals surface area contributed by atoms with E-state index in [0.29, 0.717) is 42.9 Å². The van der Waals surface area contributed by atoms with E-state index in [1.165, 1.54) is 36.8 Å². The van der Waals surface area contributed by atoms with Crippen molar-refractivity contribution in [2.75, 3.05) is 161 Å². The molecule has 7 fully saturated rings. The lowest BCUT2D eigenvalue weighted by atomic mass is 9.99. The number of amides is 3. The van der Waals surface area contributed by atoms with E-state index >= 15 is 0 Å². The van der Waals surface area contributed by atoms with Gasteiger partial charge in [-0.1, -0.05) is 60.7 Å². The van der Waals surface area contributed by atoms with Gasteiger partial charge in [0, 0.05) is 142 Å². The van der Waals surface area contributed by atoms with Gasteiger partial charge in [-0.25, -0.2) is 28.9 Å². The van der Waals surface area contributed by atoms with Crippen molar-refractivity contribution < 1.29 is 47.3 Å². The normalized spacial score (nSPS) is 19.3. The number of hydrogen-bond acceptors (Lipinski definition) is 17. The second kappa shape index (κ2) is 29.0. The molecule has 7 aliphatic heterocycles. The minimum atomic E-state index is -0.503. The fourth-order valence-corrected chi connectivity index (χ4v) is 10.0. The summed E-state index contributed by atoms with van der Waals surface area (Å²) in [5.74, 6) is 1.90. The van der Waals surface area contributed by atoms with E-state index in [1.807, 2.05) is 60.7 Å². The summed E-state index contributed by atoms with van der Waals surface area (Å²) in [4.78, 5) is 71.8. The van der Waals surface area contributed by atoms with Gasteiger partial charge in [0.1, 0.15) is 31.0 Å². The monoisotopic (exact) mass is 1090 g/mol. The van der Waals surface area contributed by atoms with Crippen LogP contribution >= 0.6 is 0 Å². The summed E-state index contributed by atoms with van der Waals surface area (Å²) in [5.41, 5.74) is 3.41. The Morgan fingerprint density at radius 3 is 1.66 bits per heavy atom. The van der Waals surface area contributed by atoms with Gasteiger partial charge < -0.3 is 58.2 Å². The fraction of sp³-hybridized carbons (Fsp3) is 0.526. The molecule has 3 amide bonds. The van der Waals surface area contributed by atoms with Crippen molar-refractivity contribution in [1.29, 1.82) is 0 Å². The van der Waals surface area contributed by atoms with Crippen LogP contribution < -0.4 is 15.5 Å². The molecule has 3 aromatic heterocycles. The predicted octanol–water partition coefficient (Wildman–Crippen LogP) is 4.17. The lowest BCUT2D eigenvalue weighted by Crippen LogP contribution is -2.55. The molecule has 21 nitrogen and oxygen atoms in total. The molecule has 2 N–H and O–H groups in total. The Hall–Kier alpha value is -6.66. The largest absolute Gasteiger partial charge is 0.445 e. The number of benzene rings is 2. The molecule has 424 valence electrons. The van der Waals surface area contributed by atoms with Gasteiger partial charge in [-0.2, -0.15) is 0 Å². The summed E-state index contributed by atoms with van der Waals surface area (Å²) in [6, 6.07) is 20.5. The maximum Gasteiger partial charge on any atom is 0.410 e. The maximum absolute atomic E-state index is 14.2. The number of aldehydes is 1. The maximum atomic E-state index is 14.2. The number of anilines is 2. The summed E-state index contributed by atoms with van der Waals surface area (Å²) in [6.45, 7) is 24.1. The van der Waals surface area contributed by atoms with Crippen LogP contribution in [-0.4, -0.2) is 219 Å². The first-order valence-electron chi connectivity index (χ1n) is 27.6. The Balaban J connectivity index is 0.000000137. The highest BCUT2D eigenvalue weighted by Crippen LogP contribution is 2.24. The number of morpholine rings is 3. The van der Waals surface area contributed by atoms with Gasteiger partial charge >= 0.3 is 12.2 Å². The van der Waals surface area contributed by atoms with Crippen molar-refractivity contribution in [2.45, 2.75) is 20.1 Å². The second-order valence-electron chi connectivity index (χ2n) is 21.1. The number of carbonyl (C=O) groups excluding carboxylic acids is 4. The zero-order chi connectivity index (χ0) is 54.8. The van der Waals surface area contributed by atoms with E-state index in [4.69, 9.17) is 23.7 Å². The topological polar surface area (TPSA) is 201 Å². The van der Waals surface area contributed by atoms with Crippen LogP contribution in [0.4, 0.5) is 25.5 Å². The predicted molar refractivity (Wildman–Crippen MR) is 293 cm³/mol. The zero-order valence-corrected chi connectivity index (χ0v) is 45.2. The molecule has 7 saturated heterocycles. The molecule has 22 heteroatoms. The molecule has 0 unspecified atom stereocenters. The number of rotatable bonds is 14. The Morgan fingerprint density at radius 1 is 0.671 bits per heavy atom. The first kappa shape index (κ1) is 57.0. The van der Waals surface area contributed by atoms with Crippen molar-refractivity contribution >= 4 is 41.5 Å². The number of pyridine rings is 1. The smallest absolute Gasteiger partial charge is 0.410 e. The molecule has 0 aliphatic carbocycles. The standard InChI is InChI=1S/C21H24FN7O2.C16H22N2O3.C12H13NO3.C8H16N2O/c1-14-9-29-13-16(6-17(22)20(29)25-14)26-21(30)18-7-24-19(8-23-18)28-11-15(12-28)10-27-2-4-31-5-3-27;19-16(21-13-14-4-2-1-3-5-14)18-11-15(12-18)10-17-6-8-20-9-7-17;14-8-11-6-13(7-11)12(15)16-9-10-4-2-1-3-5-10;1-3-11-4-2-10(1)7-8-5-9-6-8/h6-9,13,15H,2-5,10-12H2,1H3,(H,26,30);1-5,15H,6-13H2;1-5,8,11H,6-7,9H2;8-9H,1-7H2. The van der Waals surface area contributed by atoms with E-state index in [2.05, 4.69) is 45.2 Å². The lowest BCUT2D eigenvalue weighted by molar-refractivity contribution is -0.114. The number of ether oxygens (including phenoxy) is 5. The Kier molecular flexibility index (Phi) is 20.9. The second-order valence-corrected chi connectivity index (χ2v) is 21.1. The number of aromatic nitrogens is 4. The number of carbonyl (C=O) groups is 4. The minimum Gasteiger partial charge on any atom is -0.445 e. The summed E-state index contributed by atoms with van der Waals surface area (Å²) >= 11 is 0. The van der Waals surface area contributed by atoms with Crippen LogP contribution in [0.25, 0.3) is 5.65 Å². The molecular weight excluding hydrogens is 1020 g/mol. The molecule has 7 aliphatic rings. The fourth-order valence-electron chi connectivity index (χ4n) is 10.0. The highest BCUT2D eigenvalue weighted by atomic mass is 19.1. The van der Waals surface area contributed by atoms with E-state index in [-0.39, 0.29) is 36.1 Å². The van der Waals surface area contributed by atoms with Gasteiger partial charge in [-0.05, 0) is 24.0 Å². The van der Waals surface area contributed by atoms with Gasteiger partial charge in [-0.15, -0.1) is 0 Å². The van der Waals surface area contributed by atoms with Crippen molar-refractivity contribution in [3.63, 3.8) is 0 Å². The van der Waals surface area contributed by atoms with Gasteiger partial charge in [0.25, 0.3) is 5.91 Å². The molecule has 0 spiro atoms. The SMILES string of the molecule is C1CN(CC2CNC2)CCO1.Cc1cn2cc(NC(=O)c3cnc(N4CC(CN5CCOCC5)C4)cn3)cc(F)c2n1.O=C(OCc1ccccc1)N1CC(CN2CCOCC2)C1.O=CC1CN(C(=O)OCc2ccccc2)C1. The third-order valence-electron chi connectivity index (χ3n) is 14.7. The van der Waals surface area contributed by atoms with Crippen LogP contribution in [0.15, 0.2) is 91.5 Å². The average Bonchev–Trinajstić information content (AvgIpc) is 3.86. The van der Waals surface area contributed by atoms with E-state index in [9.17, 15) is 23.6 Å². The van der Waals surface area contributed by atoms with Gasteiger partial charge in [-0.3, -0.25) is 19.5 Å². The van der Waals surface area contributed by atoms with Crippen LogP contribution in [0, 0.1) is 36.4 Å². The summed E-state index contributed by atoms with van der Waals surface area (Å²) < 4.78 is 42.2. The third kappa shape index (κ3) is 17.2. The Morgan fingerprint density at radius 2 is 1.18 bits per heavy atom. The number of hydrogen-bond donors (Lipinski definition) is 2. The number of imidazole rings is 1. The number of halogens is 1. The average molecular weight is 1090 g/mol. The molecule has 0 atom stereocenters. The summed E-state index contributed by atoms with van der Waals surface area (Å²) in [5, 5.41) is 5.96. The van der Waals surface area contributed by atoms with Crippen molar-refractivity contribution in [2.24, 2.45) is 23.7 Å². The molecular formula is C57H75FN12O9. The van der Waals surface area contributed by atoms with Crippen LogP contribution in [0.3, 0.4) is 0 Å².